The third-order valence-electron chi connectivity index (χ3n) is 3.04. The Kier molecular flexibility index (Phi) is 4.04. The Morgan fingerprint density at radius 1 is 1.16 bits per heavy atom. The van der Waals surface area contributed by atoms with E-state index in [1.165, 1.54) is 0 Å². The maximum atomic E-state index is 9.91. The van der Waals surface area contributed by atoms with Gasteiger partial charge in [-0.25, -0.2) is 0 Å². The summed E-state index contributed by atoms with van der Waals surface area (Å²) in [4.78, 5) is 0. The van der Waals surface area contributed by atoms with Gasteiger partial charge in [0.1, 0.15) is 5.75 Å². The van der Waals surface area contributed by atoms with Crippen molar-refractivity contribution in [2.24, 2.45) is 0 Å². The van der Waals surface area contributed by atoms with Crippen LogP contribution in [0.1, 0.15) is 16.7 Å². The highest BCUT2D eigenvalue weighted by atomic mass is 16.3. The minimum atomic E-state index is 0.344. The monoisotopic (exact) mass is 252 g/mol. The Morgan fingerprint density at radius 3 is 2.58 bits per heavy atom. The zero-order valence-corrected chi connectivity index (χ0v) is 10.9. The van der Waals surface area contributed by atoms with Crippen molar-refractivity contribution in [3.8, 4) is 11.8 Å². The van der Waals surface area contributed by atoms with Crippen molar-refractivity contribution < 1.29 is 5.11 Å². The van der Waals surface area contributed by atoms with E-state index in [-0.39, 0.29) is 0 Å². The molecule has 0 radical (unpaired) electrons. The van der Waals surface area contributed by atoms with Gasteiger partial charge in [-0.05, 0) is 30.2 Å². The molecule has 2 aromatic carbocycles. The van der Waals surface area contributed by atoms with Crippen LogP contribution >= 0.6 is 0 Å². The molecule has 3 nitrogen and oxygen atoms in total. The van der Waals surface area contributed by atoms with E-state index in [0.29, 0.717) is 18.7 Å². The van der Waals surface area contributed by atoms with E-state index in [9.17, 15) is 5.11 Å². The Balaban J connectivity index is 2.02. The number of aromatic hydroxyl groups is 1. The summed E-state index contributed by atoms with van der Waals surface area (Å²) < 4.78 is 0. The quantitative estimate of drug-likeness (QED) is 0.877. The topological polar surface area (TPSA) is 56.0 Å². The van der Waals surface area contributed by atoms with Gasteiger partial charge >= 0.3 is 0 Å². The summed E-state index contributed by atoms with van der Waals surface area (Å²) >= 11 is 0. The number of para-hydroxylation sites is 1. The molecule has 2 rings (SSSR count). The van der Waals surface area contributed by atoms with E-state index in [2.05, 4.69) is 11.4 Å². The van der Waals surface area contributed by atoms with E-state index >= 15 is 0 Å². The average Bonchev–Trinajstić information content (AvgIpc) is 2.42. The Morgan fingerprint density at radius 2 is 1.89 bits per heavy atom. The fraction of sp³-hybridized carbons (Fsp3) is 0.188. The van der Waals surface area contributed by atoms with Crippen LogP contribution in [0.2, 0.25) is 0 Å². The SMILES string of the molecule is Cc1cccc(CNc2ccc(CC#N)cc2)c1O. The zero-order chi connectivity index (χ0) is 13.7. The number of benzene rings is 2. The number of nitriles is 1. The van der Waals surface area contributed by atoms with Gasteiger partial charge in [0.25, 0.3) is 0 Å². The number of nitrogens with zero attached hydrogens (tertiary/aromatic N) is 1. The highest BCUT2D eigenvalue weighted by Gasteiger charge is 2.03. The van der Waals surface area contributed by atoms with Gasteiger partial charge in [0.2, 0.25) is 0 Å². The van der Waals surface area contributed by atoms with Gasteiger partial charge in [-0.15, -0.1) is 0 Å². The number of aryl methyl sites for hydroxylation is 1. The molecule has 0 aliphatic heterocycles. The molecule has 0 aliphatic rings. The van der Waals surface area contributed by atoms with Crippen LogP contribution in [0.25, 0.3) is 0 Å². The lowest BCUT2D eigenvalue weighted by atomic mass is 10.1. The molecule has 0 saturated heterocycles. The summed E-state index contributed by atoms with van der Waals surface area (Å²) in [5, 5.41) is 21.8. The molecule has 0 fully saturated rings. The molecule has 0 aliphatic carbocycles. The number of phenols is 1. The summed E-state index contributed by atoms with van der Waals surface area (Å²) in [6.45, 7) is 2.46. The molecule has 96 valence electrons. The number of anilines is 1. The summed E-state index contributed by atoms with van der Waals surface area (Å²) in [6, 6.07) is 15.6. The summed E-state index contributed by atoms with van der Waals surface area (Å²) in [5.41, 5.74) is 3.74. The van der Waals surface area contributed by atoms with Gasteiger partial charge < -0.3 is 10.4 Å². The van der Waals surface area contributed by atoms with Crippen LogP contribution in [0.4, 0.5) is 5.69 Å². The van der Waals surface area contributed by atoms with E-state index in [4.69, 9.17) is 5.26 Å². The lowest BCUT2D eigenvalue weighted by Gasteiger charge is -2.10. The predicted octanol–water partition coefficient (Wildman–Crippen LogP) is 3.38. The van der Waals surface area contributed by atoms with Crippen LogP contribution in [0, 0.1) is 18.3 Å². The first kappa shape index (κ1) is 13.0. The largest absolute Gasteiger partial charge is 0.507 e. The van der Waals surface area contributed by atoms with Crippen LogP contribution in [-0.2, 0) is 13.0 Å². The summed E-state index contributed by atoms with van der Waals surface area (Å²) in [5.74, 6) is 0.344. The van der Waals surface area contributed by atoms with Crippen molar-refractivity contribution in [3.05, 3.63) is 59.2 Å². The molecule has 0 heterocycles. The molecule has 2 N–H and O–H groups in total. The zero-order valence-electron chi connectivity index (χ0n) is 10.9. The van der Waals surface area contributed by atoms with Crippen LogP contribution in [0.5, 0.6) is 5.75 Å². The summed E-state index contributed by atoms with van der Waals surface area (Å²) in [6.07, 6.45) is 0.430. The van der Waals surface area contributed by atoms with Crippen LogP contribution < -0.4 is 5.32 Å². The highest BCUT2D eigenvalue weighted by Crippen LogP contribution is 2.22. The second kappa shape index (κ2) is 5.92. The Labute approximate surface area is 113 Å². The van der Waals surface area contributed by atoms with Gasteiger partial charge in [0, 0.05) is 17.8 Å². The van der Waals surface area contributed by atoms with E-state index in [0.717, 1.165) is 22.4 Å². The molecule has 0 aromatic heterocycles. The standard InChI is InChI=1S/C16H16N2O/c1-12-3-2-4-14(16(12)19)11-18-15-7-5-13(6-8-15)9-10-17/h2-8,18-19H,9,11H2,1H3. The maximum Gasteiger partial charge on any atom is 0.123 e. The number of nitrogens with one attached hydrogen (secondary N) is 1. The van der Waals surface area contributed by atoms with E-state index in [1.807, 2.05) is 49.4 Å². The molecule has 19 heavy (non-hydrogen) atoms. The first-order valence-corrected chi connectivity index (χ1v) is 6.18. The third-order valence-corrected chi connectivity index (χ3v) is 3.04. The highest BCUT2D eigenvalue weighted by molar-refractivity contribution is 5.47. The summed E-state index contributed by atoms with van der Waals surface area (Å²) in [7, 11) is 0. The van der Waals surface area contributed by atoms with E-state index < -0.39 is 0 Å². The fourth-order valence-corrected chi connectivity index (χ4v) is 1.89. The van der Waals surface area contributed by atoms with Crippen molar-refractivity contribution >= 4 is 5.69 Å². The molecule has 0 spiro atoms. The van der Waals surface area contributed by atoms with Crippen LogP contribution in [-0.4, -0.2) is 5.11 Å². The first-order chi connectivity index (χ1) is 9.20. The van der Waals surface area contributed by atoms with E-state index in [1.54, 1.807) is 0 Å². The molecule has 0 amide bonds. The normalized spacial score (nSPS) is 9.89. The second-order valence-electron chi connectivity index (χ2n) is 4.47. The lowest BCUT2D eigenvalue weighted by Crippen LogP contribution is -2.00. The third kappa shape index (κ3) is 3.26. The molecule has 0 atom stereocenters. The van der Waals surface area contributed by atoms with Crippen molar-refractivity contribution in [1.82, 2.24) is 0 Å². The average molecular weight is 252 g/mol. The van der Waals surface area contributed by atoms with Crippen LogP contribution in [0.15, 0.2) is 42.5 Å². The first-order valence-electron chi connectivity index (χ1n) is 6.18. The van der Waals surface area contributed by atoms with Crippen molar-refractivity contribution in [1.29, 1.82) is 5.26 Å². The van der Waals surface area contributed by atoms with Gasteiger partial charge in [0.15, 0.2) is 0 Å². The van der Waals surface area contributed by atoms with Gasteiger partial charge in [-0.3, -0.25) is 0 Å². The molecular formula is C16H16N2O. The van der Waals surface area contributed by atoms with Crippen LogP contribution in [0.3, 0.4) is 0 Å². The van der Waals surface area contributed by atoms with Crippen molar-refractivity contribution in [2.75, 3.05) is 5.32 Å². The minimum Gasteiger partial charge on any atom is -0.507 e. The maximum absolute atomic E-state index is 9.91. The number of hydrogen-bond donors (Lipinski definition) is 2. The number of hydrogen-bond acceptors (Lipinski definition) is 3. The predicted molar refractivity (Wildman–Crippen MR) is 75.9 cm³/mol. The Bertz CT molecular complexity index is 597. The molecular weight excluding hydrogens is 236 g/mol. The second-order valence-corrected chi connectivity index (χ2v) is 4.47. The lowest BCUT2D eigenvalue weighted by molar-refractivity contribution is 0.465. The molecule has 0 bridgehead atoms. The van der Waals surface area contributed by atoms with Gasteiger partial charge in [-0.2, -0.15) is 5.26 Å². The van der Waals surface area contributed by atoms with Gasteiger partial charge in [0.05, 0.1) is 12.5 Å². The Hall–Kier alpha value is -2.47. The minimum absolute atomic E-state index is 0.344. The molecule has 3 heteroatoms. The van der Waals surface area contributed by atoms with Crippen molar-refractivity contribution in [2.45, 2.75) is 19.9 Å². The smallest absolute Gasteiger partial charge is 0.123 e. The molecule has 2 aromatic rings. The fourth-order valence-electron chi connectivity index (χ4n) is 1.89. The number of rotatable bonds is 4. The number of phenolic OH excluding ortho intramolecular Hbond substituents is 1. The molecule has 0 saturated carbocycles. The van der Waals surface area contributed by atoms with Gasteiger partial charge in [-0.1, -0.05) is 30.3 Å². The molecule has 0 unspecified atom stereocenters. The van der Waals surface area contributed by atoms with Crippen molar-refractivity contribution in [3.63, 3.8) is 0 Å².